The second-order valence-electron chi connectivity index (χ2n) is 3.29. The molecule has 82 valence electrons. The minimum atomic E-state index is -0.970. The number of ether oxygens (including phenoxy) is 2. The van der Waals surface area contributed by atoms with Gasteiger partial charge in [0.25, 0.3) is 0 Å². The third-order valence-electron chi connectivity index (χ3n) is 2.09. The molecule has 0 atom stereocenters. The van der Waals surface area contributed by atoms with Gasteiger partial charge >= 0.3 is 5.97 Å². The Bertz CT molecular complexity index is 337. The standard InChI is InChI=1S/C9H12N2O4/c12-9(13)6-15-4-7-3-8-5-14-2-1-11(8)10-7/h3H,1-2,4-6H2,(H,12,13). The Labute approximate surface area is 86.4 Å². The van der Waals surface area contributed by atoms with Crippen molar-refractivity contribution in [3.8, 4) is 0 Å². The molecule has 1 N–H and O–H groups in total. The van der Waals surface area contributed by atoms with Crippen LogP contribution in [0.25, 0.3) is 0 Å². The van der Waals surface area contributed by atoms with Gasteiger partial charge in [0.05, 0.1) is 37.8 Å². The van der Waals surface area contributed by atoms with Crippen LogP contribution in [0.1, 0.15) is 11.4 Å². The normalized spacial score (nSPS) is 14.9. The molecule has 1 aromatic rings. The van der Waals surface area contributed by atoms with E-state index >= 15 is 0 Å². The molecule has 15 heavy (non-hydrogen) atoms. The Morgan fingerprint density at radius 2 is 2.60 bits per heavy atom. The van der Waals surface area contributed by atoms with Gasteiger partial charge in [0.15, 0.2) is 0 Å². The number of rotatable bonds is 4. The van der Waals surface area contributed by atoms with Crippen molar-refractivity contribution in [1.82, 2.24) is 9.78 Å². The molecule has 0 saturated heterocycles. The van der Waals surface area contributed by atoms with Gasteiger partial charge in [-0.05, 0) is 6.07 Å². The maximum Gasteiger partial charge on any atom is 0.329 e. The van der Waals surface area contributed by atoms with E-state index < -0.39 is 5.97 Å². The van der Waals surface area contributed by atoms with Crippen molar-refractivity contribution >= 4 is 5.97 Å². The van der Waals surface area contributed by atoms with E-state index in [4.69, 9.17) is 14.6 Å². The van der Waals surface area contributed by atoms with Crippen LogP contribution in [0, 0.1) is 0 Å². The first-order valence-electron chi connectivity index (χ1n) is 4.68. The molecule has 1 aliphatic rings. The van der Waals surface area contributed by atoms with E-state index in [1.54, 1.807) is 0 Å². The average molecular weight is 212 g/mol. The molecule has 2 rings (SSSR count). The number of hydrogen-bond donors (Lipinski definition) is 1. The zero-order valence-corrected chi connectivity index (χ0v) is 8.18. The highest BCUT2D eigenvalue weighted by Gasteiger charge is 2.12. The first-order chi connectivity index (χ1) is 7.25. The second kappa shape index (κ2) is 4.41. The monoisotopic (exact) mass is 212 g/mol. The first-order valence-corrected chi connectivity index (χ1v) is 4.68. The van der Waals surface area contributed by atoms with Crippen LogP contribution in [0.5, 0.6) is 0 Å². The molecule has 6 heteroatoms. The minimum Gasteiger partial charge on any atom is -0.480 e. The van der Waals surface area contributed by atoms with Crippen LogP contribution < -0.4 is 0 Å². The summed E-state index contributed by atoms with van der Waals surface area (Å²) in [5, 5.41) is 12.6. The van der Waals surface area contributed by atoms with Gasteiger partial charge in [-0.3, -0.25) is 4.68 Å². The van der Waals surface area contributed by atoms with Gasteiger partial charge in [-0.2, -0.15) is 5.10 Å². The van der Waals surface area contributed by atoms with Gasteiger partial charge in [0, 0.05) is 0 Å². The molecule has 0 unspecified atom stereocenters. The summed E-state index contributed by atoms with van der Waals surface area (Å²) in [5.41, 5.74) is 1.76. The van der Waals surface area contributed by atoms with Gasteiger partial charge < -0.3 is 14.6 Å². The highest BCUT2D eigenvalue weighted by molar-refractivity contribution is 5.67. The number of carboxylic acid groups (broad SMARTS) is 1. The number of aliphatic carboxylic acids is 1. The average Bonchev–Trinajstić information content (AvgIpc) is 2.59. The van der Waals surface area contributed by atoms with Crippen molar-refractivity contribution in [3.05, 3.63) is 17.5 Å². The fourth-order valence-corrected chi connectivity index (χ4v) is 1.47. The van der Waals surface area contributed by atoms with Crippen LogP contribution in [0.3, 0.4) is 0 Å². The number of hydrogen-bond acceptors (Lipinski definition) is 4. The highest BCUT2D eigenvalue weighted by Crippen LogP contribution is 2.11. The van der Waals surface area contributed by atoms with Crippen LogP contribution >= 0.6 is 0 Å². The van der Waals surface area contributed by atoms with Gasteiger partial charge in [-0.1, -0.05) is 0 Å². The molecule has 0 spiro atoms. The van der Waals surface area contributed by atoms with Crippen LogP contribution in [0.15, 0.2) is 6.07 Å². The van der Waals surface area contributed by atoms with Gasteiger partial charge in [0.1, 0.15) is 6.61 Å². The summed E-state index contributed by atoms with van der Waals surface area (Å²) >= 11 is 0. The topological polar surface area (TPSA) is 73.6 Å². The van der Waals surface area contributed by atoms with Crippen molar-refractivity contribution in [2.75, 3.05) is 13.2 Å². The van der Waals surface area contributed by atoms with Crippen LogP contribution in [-0.2, 0) is 34.0 Å². The largest absolute Gasteiger partial charge is 0.480 e. The lowest BCUT2D eigenvalue weighted by Gasteiger charge is -2.12. The lowest BCUT2D eigenvalue weighted by Crippen LogP contribution is -2.17. The molecule has 0 fully saturated rings. The SMILES string of the molecule is O=C(O)COCc1cc2n(n1)CCOC2. The fourth-order valence-electron chi connectivity index (χ4n) is 1.47. The molecule has 6 nitrogen and oxygen atoms in total. The van der Waals surface area contributed by atoms with Crippen LogP contribution in [0.2, 0.25) is 0 Å². The summed E-state index contributed by atoms with van der Waals surface area (Å²) in [5.74, 6) is -0.970. The quantitative estimate of drug-likeness (QED) is 0.761. The summed E-state index contributed by atoms with van der Waals surface area (Å²) in [6.07, 6.45) is 0. The molecule has 1 aliphatic heterocycles. The van der Waals surface area contributed by atoms with E-state index in [9.17, 15) is 4.79 Å². The molecular formula is C9H12N2O4. The Kier molecular flexibility index (Phi) is 2.98. The molecule has 0 amide bonds. The van der Waals surface area contributed by atoms with E-state index in [1.165, 1.54) is 0 Å². The number of nitrogens with zero attached hydrogens (tertiary/aromatic N) is 2. The Hall–Kier alpha value is -1.40. The maximum atomic E-state index is 10.2. The zero-order chi connectivity index (χ0) is 10.7. The second-order valence-corrected chi connectivity index (χ2v) is 3.29. The van der Waals surface area contributed by atoms with Crippen LogP contribution in [0.4, 0.5) is 0 Å². The van der Waals surface area contributed by atoms with Crippen LogP contribution in [-0.4, -0.2) is 34.1 Å². The molecular weight excluding hydrogens is 200 g/mol. The van der Waals surface area contributed by atoms with E-state index in [0.717, 1.165) is 17.9 Å². The van der Waals surface area contributed by atoms with E-state index in [-0.39, 0.29) is 13.2 Å². The predicted octanol–water partition coefficient (Wildman–Crippen LogP) is 0.0145. The van der Waals surface area contributed by atoms with Crippen molar-refractivity contribution in [1.29, 1.82) is 0 Å². The smallest absolute Gasteiger partial charge is 0.329 e. The highest BCUT2D eigenvalue weighted by atomic mass is 16.5. The summed E-state index contributed by atoms with van der Waals surface area (Å²) < 4.78 is 12.1. The van der Waals surface area contributed by atoms with Gasteiger partial charge in [-0.15, -0.1) is 0 Å². The van der Waals surface area contributed by atoms with Gasteiger partial charge in [-0.25, -0.2) is 4.79 Å². The Morgan fingerprint density at radius 1 is 1.73 bits per heavy atom. The predicted molar refractivity (Wildman–Crippen MR) is 49.2 cm³/mol. The van der Waals surface area contributed by atoms with E-state index in [2.05, 4.69) is 5.10 Å². The minimum absolute atomic E-state index is 0.228. The molecule has 2 heterocycles. The molecule has 0 bridgehead atoms. The third kappa shape index (κ3) is 2.54. The number of aromatic nitrogens is 2. The van der Waals surface area contributed by atoms with Crippen molar-refractivity contribution in [2.24, 2.45) is 0 Å². The summed E-state index contributed by atoms with van der Waals surface area (Å²) in [7, 11) is 0. The summed E-state index contributed by atoms with van der Waals surface area (Å²) in [6.45, 7) is 1.91. The molecule has 0 saturated carbocycles. The fraction of sp³-hybridized carbons (Fsp3) is 0.556. The first kappa shape index (κ1) is 10.1. The third-order valence-corrected chi connectivity index (χ3v) is 2.09. The van der Waals surface area contributed by atoms with E-state index in [0.29, 0.717) is 13.2 Å². The van der Waals surface area contributed by atoms with Gasteiger partial charge in [0.2, 0.25) is 0 Å². The lowest BCUT2D eigenvalue weighted by atomic mass is 10.3. The number of fused-ring (bicyclic) bond motifs is 1. The Balaban J connectivity index is 1.92. The number of carbonyl (C=O) groups is 1. The Morgan fingerprint density at radius 3 is 3.33 bits per heavy atom. The lowest BCUT2D eigenvalue weighted by molar-refractivity contribution is -0.142. The number of carboxylic acids is 1. The molecule has 0 aliphatic carbocycles. The summed E-state index contributed by atoms with van der Waals surface area (Å²) in [4.78, 5) is 10.2. The van der Waals surface area contributed by atoms with Crippen molar-refractivity contribution < 1.29 is 19.4 Å². The van der Waals surface area contributed by atoms with Crippen molar-refractivity contribution in [3.63, 3.8) is 0 Å². The van der Waals surface area contributed by atoms with E-state index in [1.807, 2.05) is 10.7 Å². The molecule has 0 radical (unpaired) electrons. The zero-order valence-electron chi connectivity index (χ0n) is 8.18. The molecule has 0 aromatic carbocycles. The molecule has 1 aromatic heterocycles. The van der Waals surface area contributed by atoms with Crippen molar-refractivity contribution in [2.45, 2.75) is 19.8 Å². The summed E-state index contributed by atoms with van der Waals surface area (Å²) in [6, 6.07) is 1.88. The maximum absolute atomic E-state index is 10.2.